The van der Waals surface area contributed by atoms with Crippen LogP contribution in [0.3, 0.4) is 0 Å². The van der Waals surface area contributed by atoms with Crippen molar-refractivity contribution < 1.29 is 4.74 Å². The Balaban J connectivity index is 1.74. The van der Waals surface area contributed by atoms with Gasteiger partial charge in [0.1, 0.15) is 0 Å². The molecule has 2 fully saturated rings. The second-order valence-electron chi connectivity index (χ2n) is 4.15. The summed E-state index contributed by atoms with van der Waals surface area (Å²) in [6, 6.07) is 0.827. The predicted octanol–water partition coefficient (Wildman–Crippen LogP) is 0.588. The highest BCUT2D eigenvalue weighted by molar-refractivity contribution is 4.86. The van der Waals surface area contributed by atoms with E-state index in [1.165, 1.54) is 25.7 Å². The van der Waals surface area contributed by atoms with Gasteiger partial charge in [0.05, 0.1) is 6.10 Å². The zero-order chi connectivity index (χ0) is 9.10. The first kappa shape index (κ1) is 9.44. The largest absolute Gasteiger partial charge is 0.377 e. The average Bonchev–Trinajstić information content (AvgIpc) is 2.85. The first-order valence-corrected chi connectivity index (χ1v) is 5.46. The summed E-state index contributed by atoms with van der Waals surface area (Å²) >= 11 is 0. The Bertz CT molecular complexity index is 153. The summed E-state index contributed by atoms with van der Waals surface area (Å²) in [5, 5.41) is 0. The van der Waals surface area contributed by atoms with Gasteiger partial charge in [-0.05, 0) is 25.7 Å². The number of hydrogen-bond donors (Lipinski definition) is 1. The van der Waals surface area contributed by atoms with E-state index in [1.54, 1.807) is 0 Å². The fourth-order valence-electron chi connectivity index (χ4n) is 2.08. The van der Waals surface area contributed by atoms with Gasteiger partial charge in [-0.3, -0.25) is 4.90 Å². The molecule has 1 saturated carbocycles. The van der Waals surface area contributed by atoms with Crippen LogP contribution in [0.1, 0.15) is 25.7 Å². The van der Waals surface area contributed by atoms with Crippen LogP contribution in [0.15, 0.2) is 0 Å². The van der Waals surface area contributed by atoms with Crippen molar-refractivity contribution >= 4 is 0 Å². The van der Waals surface area contributed by atoms with Crippen molar-refractivity contribution in [3.05, 3.63) is 0 Å². The molecule has 1 atom stereocenters. The van der Waals surface area contributed by atoms with Gasteiger partial charge in [-0.1, -0.05) is 0 Å². The average molecular weight is 184 g/mol. The smallest absolute Gasteiger partial charge is 0.0702 e. The van der Waals surface area contributed by atoms with E-state index in [4.69, 9.17) is 10.5 Å². The number of nitrogens with zero attached hydrogens (tertiary/aromatic N) is 1. The fraction of sp³-hybridized carbons (Fsp3) is 1.00. The van der Waals surface area contributed by atoms with Crippen molar-refractivity contribution in [1.29, 1.82) is 0 Å². The third-order valence-electron chi connectivity index (χ3n) is 2.94. The Morgan fingerprint density at radius 3 is 2.69 bits per heavy atom. The summed E-state index contributed by atoms with van der Waals surface area (Å²) in [5.74, 6) is 0. The quantitative estimate of drug-likeness (QED) is 0.679. The fourth-order valence-corrected chi connectivity index (χ4v) is 2.08. The Morgan fingerprint density at radius 1 is 1.31 bits per heavy atom. The molecule has 0 aromatic rings. The van der Waals surface area contributed by atoms with Crippen LogP contribution in [0, 0.1) is 0 Å². The molecule has 3 heteroatoms. The van der Waals surface area contributed by atoms with E-state index < -0.39 is 0 Å². The molecule has 1 unspecified atom stereocenters. The Morgan fingerprint density at radius 2 is 2.15 bits per heavy atom. The summed E-state index contributed by atoms with van der Waals surface area (Å²) in [6.07, 6.45) is 5.71. The molecule has 1 aliphatic heterocycles. The minimum Gasteiger partial charge on any atom is -0.377 e. The maximum atomic E-state index is 5.63. The lowest BCUT2D eigenvalue weighted by molar-refractivity contribution is 0.0714. The lowest BCUT2D eigenvalue weighted by Crippen LogP contribution is -2.37. The molecule has 2 N–H and O–H groups in total. The van der Waals surface area contributed by atoms with E-state index in [1.807, 2.05) is 0 Å². The van der Waals surface area contributed by atoms with Gasteiger partial charge in [0, 0.05) is 32.3 Å². The molecule has 3 nitrogen and oxygen atoms in total. The molecule has 0 aromatic carbocycles. The summed E-state index contributed by atoms with van der Waals surface area (Å²) in [4.78, 5) is 2.51. The Labute approximate surface area is 80.2 Å². The van der Waals surface area contributed by atoms with Crippen molar-refractivity contribution in [2.24, 2.45) is 5.73 Å². The van der Waals surface area contributed by atoms with Gasteiger partial charge in [-0.15, -0.1) is 0 Å². The molecule has 2 aliphatic rings. The summed E-state index contributed by atoms with van der Waals surface area (Å²) < 4.78 is 5.63. The van der Waals surface area contributed by atoms with E-state index in [0.29, 0.717) is 6.10 Å². The molecular weight excluding hydrogens is 164 g/mol. The van der Waals surface area contributed by atoms with Crippen LogP contribution in [-0.4, -0.2) is 43.3 Å². The summed E-state index contributed by atoms with van der Waals surface area (Å²) in [6.45, 7) is 3.90. The highest BCUT2D eigenvalue weighted by atomic mass is 16.5. The van der Waals surface area contributed by atoms with Crippen LogP contribution >= 0.6 is 0 Å². The van der Waals surface area contributed by atoms with Crippen LogP contribution < -0.4 is 5.73 Å². The molecule has 1 heterocycles. The van der Waals surface area contributed by atoms with Crippen LogP contribution in [-0.2, 0) is 4.74 Å². The summed E-state index contributed by atoms with van der Waals surface area (Å²) in [5.41, 5.74) is 5.59. The normalized spacial score (nSPS) is 28.6. The van der Waals surface area contributed by atoms with Gasteiger partial charge in [0.2, 0.25) is 0 Å². The highest BCUT2D eigenvalue weighted by Crippen LogP contribution is 2.27. The van der Waals surface area contributed by atoms with Gasteiger partial charge in [-0.2, -0.15) is 0 Å². The monoisotopic (exact) mass is 184 g/mol. The van der Waals surface area contributed by atoms with Crippen LogP contribution in [0.4, 0.5) is 0 Å². The van der Waals surface area contributed by atoms with Crippen LogP contribution in [0.25, 0.3) is 0 Å². The second-order valence-corrected chi connectivity index (χ2v) is 4.15. The minimum absolute atomic E-state index is 0.493. The molecule has 13 heavy (non-hydrogen) atoms. The zero-order valence-corrected chi connectivity index (χ0v) is 8.24. The van der Waals surface area contributed by atoms with Gasteiger partial charge in [-0.25, -0.2) is 0 Å². The Kier molecular flexibility index (Phi) is 3.19. The first-order valence-electron chi connectivity index (χ1n) is 5.46. The lowest BCUT2D eigenvalue weighted by Gasteiger charge is -2.24. The van der Waals surface area contributed by atoms with E-state index in [0.717, 1.165) is 32.3 Å². The second kappa shape index (κ2) is 4.40. The molecular formula is C10H20N2O. The van der Waals surface area contributed by atoms with Crippen LogP contribution in [0.5, 0.6) is 0 Å². The van der Waals surface area contributed by atoms with Gasteiger partial charge in [0.25, 0.3) is 0 Å². The molecule has 1 aliphatic carbocycles. The van der Waals surface area contributed by atoms with Crippen molar-refractivity contribution in [3.8, 4) is 0 Å². The van der Waals surface area contributed by atoms with Gasteiger partial charge in [0.15, 0.2) is 0 Å². The van der Waals surface area contributed by atoms with Crippen molar-refractivity contribution in [3.63, 3.8) is 0 Å². The maximum absolute atomic E-state index is 5.63. The summed E-state index contributed by atoms with van der Waals surface area (Å²) in [7, 11) is 0. The van der Waals surface area contributed by atoms with Gasteiger partial charge < -0.3 is 10.5 Å². The van der Waals surface area contributed by atoms with E-state index in [-0.39, 0.29) is 0 Å². The van der Waals surface area contributed by atoms with E-state index in [9.17, 15) is 0 Å². The van der Waals surface area contributed by atoms with Crippen LogP contribution in [0.2, 0.25) is 0 Å². The number of rotatable bonds is 5. The van der Waals surface area contributed by atoms with E-state index >= 15 is 0 Å². The number of nitrogens with two attached hydrogens (primary N) is 1. The molecule has 0 amide bonds. The lowest BCUT2D eigenvalue weighted by atomic mass is 10.2. The SMILES string of the molecule is NCCN(CC1CCCO1)C1CC1. The van der Waals surface area contributed by atoms with Crippen molar-refractivity contribution in [1.82, 2.24) is 4.90 Å². The Hall–Kier alpha value is -0.120. The molecule has 76 valence electrons. The van der Waals surface area contributed by atoms with Crippen molar-refractivity contribution in [2.45, 2.75) is 37.8 Å². The molecule has 1 saturated heterocycles. The zero-order valence-electron chi connectivity index (χ0n) is 8.24. The topological polar surface area (TPSA) is 38.5 Å². The van der Waals surface area contributed by atoms with Gasteiger partial charge >= 0.3 is 0 Å². The van der Waals surface area contributed by atoms with E-state index in [2.05, 4.69) is 4.90 Å². The minimum atomic E-state index is 0.493. The highest BCUT2D eigenvalue weighted by Gasteiger charge is 2.30. The van der Waals surface area contributed by atoms with Crippen molar-refractivity contribution in [2.75, 3.05) is 26.2 Å². The third kappa shape index (κ3) is 2.66. The maximum Gasteiger partial charge on any atom is 0.0702 e. The third-order valence-corrected chi connectivity index (χ3v) is 2.94. The number of hydrogen-bond acceptors (Lipinski definition) is 3. The first-order chi connectivity index (χ1) is 6.40. The number of ether oxygens (including phenoxy) is 1. The predicted molar refractivity (Wildman–Crippen MR) is 52.6 cm³/mol. The molecule has 0 aromatic heterocycles. The molecule has 0 radical (unpaired) electrons. The molecule has 0 spiro atoms. The molecule has 2 rings (SSSR count). The molecule has 0 bridgehead atoms. The standard InChI is InChI=1S/C10H20N2O/c11-5-6-12(9-3-4-9)8-10-2-1-7-13-10/h9-10H,1-8,11H2.